The van der Waals surface area contributed by atoms with Crippen LogP contribution in [0, 0.1) is 0 Å². The molecule has 1 aromatic heterocycles. The first-order valence-electron chi connectivity index (χ1n) is 7.12. The Morgan fingerprint density at radius 3 is 2.90 bits per heavy atom. The molecule has 1 aliphatic rings. The Hall–Kier alpha value is -1.39. The molecule has 4 nitrogen and oxygen atoms in total. The number of aryl methyl sites for hydroxylation is 1. The molecular formula is C15H19ClN4. The van der Waals surface area contributed by atoms with Crippen LogP contribution in [0.5, 0.6) is 0 Å². The van der Waals surface area contributed by atoms with Gasteiger partial charge >= 0.3 is 0 Å². The molecule has 3 rings (SSSR count). The number of rotatable bonds is 5. The smallest absolute Gasteiger partial charge is 0.146 e. The molecule has 0 atom stereocenters. The fourth-order valence-corrected chi connectivity index (χ4v) is 3.05. The molecule has 0 amide bonds. The molecule has 0 saturated heterocycles. The molecule has 1 fully saturated rings. The molecule has 106 valence electrons. The van der Waals surface area contributed by atoms with Crippen LogP contribution in [0.15, 0.2) is 30.6 Å². The third-order valence-electron chi connectivity index (χ3n) is 4.07. The zero-order valence-electron chi connectivity index (χ0n) is 11.6. The predicted molar refractivity (Wildman–Crippen MR) is 79.8 cm³/mol. The van der Waals surface area contributed by atoms with Crippen LogP contribution in [0.1, 0.15) is 37.1 Å². The number of aromatic nitrogens is 3. The highest BCUT2D eigenvalue weighted by molar-refractivity contribution is 6.31. The van der Waals surface area contributed by atoms with Gasteiger partial charge in [-0.3, -0.25) is 0 Å². The number of nitrogens with zero attached hydrogens (tertiary/aromatic N) is 3. The van der Waals surface area contributed by atoms with Crippen molar-refractivity contribution in [3.63, 3.8) is 0 Å². The topological polar surface area (TPSA) is 42.7 Å². The van der Waals surface area contributed by atoms with Crippen LogP contribution in [-0.4, -0.2) is 20.8 Å². The number of hydrogen-bond donors (Lipinski definition) is 1. The van der Waals surface area contributed by atoms with Crippen LogP contribution in [0.2, 0.25) is 5.02 Å². The summed E-state index contributed by atoms with van der Waals surface area (Å²) in [7, 11) is 0. The summed E-state index contributed by atoms with van der Waals surface area (Å²) in [6, 6.07) is 8.71. The second-order valence-electron chi connectivity index (χ2n) is 5.30. The third-order valence-corrected chi connectivity index (χ3v) is 4.41. The average Bonchev–Trinajstić information content (AvgIpc) is 2.86. The van der Waals surface area contributed by atoms with Gasteiger partial charge in [-0.25, -0.2) is 0 Å². The van der Waals surface area contributed by atoms with E-state index in [0.717, 1.165) is 36.8 Å². The molecular weight excluding hydrogens is 272 g/mol. The minimum absolute atomic E-state index is 0.554. The molecule has 0 spiro atoms. The largest absolute Gasteiger partial charge is 0.317 e. The average molecular weight is 291 g/mol. The van der Waals surface area contributed by atoms with Gasteiger partial charge in [-0.15, -0.1) is 10.2 Å². The van der Waals surface area contributed by atoms with Gasteiger partial charge in [-0.05, 0) is 37.3 Å². The molecule has 5 heteroatoms. The monoisotopic (exact) mass is 290 g/mol. The molecule has 2 aromatic rings. The van der Waals surface area contributed by atoms with Gasteiger partial charge < -0.3 is 9.88 Å². The van der Waals surface area contributed by atoms with Crippen LogP contribution in [0.3, 0.4) is 0 Å². The van der Waals surface area contributed by atoms with Crippen molar-refractivity contribution in [2.24, 2.45) is 0 Å². The first kappa shape index (κ1) is 13.6. The Kier molecular flexibility index (Phi) is 4.03. The zero-order valence-corrected chi connectivity index (χ0v) is 12.3. The lowest BCUT2D eigenvalue weighted by atomic mass is 9.76. The van der Waals surface area contributed by atoms with E-state index < -0.39 is 0 Å². The van der Waals surface area contributed by atoms with E-state index in [9.17, 15) is 0 Å². The lowest BCUT2D eigenvalue weighted by Crippen LogP contribution is -2.40. The van der Waals surface area contributed by atoms with Gasteiger partial charge in [0.1, 0.15) is 12.2 Å². The summed E-state index contributed by atoms with van der Waals surface area (Å²) in [5.41, 5.74) is 1.28. The standard InChI is InChI=1S/C15H19ClN4/c1-2-20-10-18-19-15(20)9-17-12-7-11(8-12)13-5-3-4-6-14(13)16/h3-6,10-12,17H,2,7-9H2,1H3. The van der Waals surface area contributed by atoms with E-state index in [1.54, 1.807) is 6.33 Å². The summed E-state index contributed by atoms with van der Waals surface area (Å²) >= 11 is 6.24. The maximum absolute atomic E-state index is 6.24. The first-order chi connectivity index (χ1) is 9.78. The number of hydrogen-bond acceptors (Lipinski definition) is 3. The number of nitrogens with one attached hydrogen (secondary N) is 1. The van der Waals surface area contributed by atoms with E-state index in [1.165, 1.54) is 5.56 Å². The van der Waals surface area contributed by atoms with Crippen LogP contribution < -0.4 is 5.32 Å². The van der Waals surface area contributed by atoms with E-state index >= 15 is 0 Å². The van der Waals surface area contributed by atoms with E-state index in [4.69, 9.17) is 11.6 Å². The molecule has 0 unspecified atom stereocenters. The Bertz CT molecular complexity index is 575. The second kappa shape index (κ2) is 5.94. The van der Waals surface area contributed by atoms with Gasteiger partial charge in [-0.1, -0.05) is 29.8 Å². The highest BCUT2D eigenvalue weighted by Gasteiger charge is 2.31. The van der Waals surface area contributed by atoms with Crippen molar-refractivity contribution >= 4 is 11.6 Å². The lowest BCUT2D eigenvalue weighted by molar-refractivity contribution is 0.286. The summed E-state index contributed by atoms with van der Waals surface area (Å²) in [5, 5.41) is 12.5. The molecule has 1 N–H and O–H groups in total. The summed E-state index contributed by atoms with van der Waals surface area (Å²) in [5.74, 6) is 1.60. The van der Waals surface area contributed by atoms with Crippen molar-refractivity contribution in [1.29, 1.82) is 0 Å². The van der Waals surface area contributed by atoms with E-state index in [1.807, 2.05) is 12.1 Å². The molecule has 0 bridgehead atoms. The van der Waals surface area contributed by atoms with Crippen LogP contribution >= 0.6 is 11.6 Å². The third kappa shape index (κ3) is 2.72. The Morgan fingerprint density at radius 1 is 1.35 bits per heavy atom. The van der Waals surface area contributed by atoms with Crippen molar-refractivity contribution in [3.05, 3.63) is 47.0 Å². The van der Waals surface area contributed by atoms with Crippen molar-refractivity contribution in [2.45, 2.75) is 44.8 Å². The highest BCUT2D eigenvalue weighted by atomic mass is 35.5. The maximum atomic E-state index is 6.24. The number of benzene rings is 1. The number of halogens is 1. The predicted octanol–water partition coefficient (Wildman–Crippen LogP) is 2.99. The van der Waals surface area contributed by atoms with Gasteiger partial charge in [0.2, 0.25) is 0 Å². The van der Waals surface area contributed by atoms with E-state index in [-0.39, 0.29) is 0 Å². The fourth-order valence-electron chi connectivity index (χ4n) is 2.76. The Labute approximate surface area is 124 Å². The maximum Gasteiger partial charge on any atom is 0.146 e. The SMILES string of the molecule is CCn1cnnc1CNC1CC(c2ccccc2Cl)C1. The second-order valence-corrected chi connectivity index (χ2v) is 5.71. The molecule has 1 aromatic carbocycles. The summed E-state index contributed by atoms with van der Waals surface area (Å²) in [6.07, 6.45) is 4.07. The summed E-state index contributed by atoms with van der Waals surface area (Å²) in [6.45, 7) is 3.80. The van der Waals surface area contributed by atoms with Gasteiger partial charge in [0.15, 0.2) is 0 Å². The molecule has 0 aliphatic heterocycles. The molecule has 20 heavy (non-hydrogen) atoms. The van der Waals surface area contributed by atoms with Crippen molar-refractivity contribution < 1.29 is 0 Å². The Balaban J connectivity index is 1.50. The summed E-state index contributed by atoms with van der Waals surface area (Å²) in [4.78, 5) is 0. The lowest BCUT2D eigenvalue weighted by Gasteiger charge is -2.36. The fraction of sp³-hybridized carbons (Fsp3) is 0.467. The van der Waals surface area contributed by atoms with Crippen molar-refractivity contribution in [1.82, 2.24) is 20.1 Å². The minimum atomic E-state index is 0.554. The van der Waals surface area contributed by atoms with Gasteiger partial charge in [0.05, 0.1) is 6.54 Å². The van der Waals surface area contributed by atoms with Crippen LogP contribution in [-0.2, 0) is 13.1 Å². The van der Waals surface area contributed by atoms with Gasteiger partial charge in [0.25, 0.3) is 0 Å². The van der Waals surface area contributed by atoms with Crippen LogP contribution in [0.25, 0.3) is 0 Å². The molecule has 1 heterocycles. The zero-order chi connectivity index (χ0) is 13.9. The van der Waals surface area contributed by atoms with E-state index in [0.29, 0.717) is 12.0 Å². The first-order valence-corrected chi connectivity index (χ1v) is 7.50. The molecule has 1 saturated carbocycles. The van der Waals surface area contributed by atoms with Crippen molar-refractivity contribution in [3.8, 4) is 0 Å². The van der Waals surface area contributed by atoms with E-state index in [2.05, 4.69) is 39.1 Å². The quantitative estimate of drug-likeness (QED) is 0.920. The van der Waals surface area contributed by atoms with Crippen molar-refractivity contribution in [2.75, 3.05) is 0 Å². The molecule has 0 radical (unpaired) electrons. The highest BCUT2D eigenvalue weighted by Crippen LogP contribution is 2.39. The van der Waals surface area contributed by atoms with Gasteiger partial charge in [0, 0.05) is 17.6 Å². The van der Waals surface area contributed by atoms with Gasteiger partial charge in [-0.2, -0.15) is 0 Å². The molecule has 1 aliphatic carbocycles. The normalized spacial score (nSPS) is 21.7. The van der Waals surface area contributed by atoms with Crippen LogP contribution in [0.4, 0.5) is 0 Å². The Morgan fingerprint density at radius 2 is 2.15 bits per heavy atom. The minimum Gasteiger partial charge on any atom is -0.317 e. The summed E-state index contributed by atoms with van der Waals surface area (Å²) < 4.78 is 2.07.